The summed E-state index contributed by atoms with van der Waals surface area (Å²) in [6.45, 7) is 4.92. The molecule has 0 aliphatic heterocycles. The summed E-state index contributed by atoms with van der Waals surface area (Å²) >= 11 is 0. The van der Waals surface area contributed by atoms with Gasteiger partial charge in [0.25, 0.3) is 0 Å². The largest absolute Gasteiger partial charge is 0.256 e. The summed E-state index contributed by atoms with van der Waals surface area (Å²) in [6.07, 6.45) is 2.74. The summed E-state index contributed by atoms with van der Waals surface area (Å²) < 4.78 is 1.95. The standard InChI is InChI=1S/C15H16N4/c1-3-14-11(2)19(18-17-14)10-12-6-7-15-13(9-12)5-4-8-16-15/h4-9H,3,10H2,1-2H3. The Morgan fingerprint density at radius 1 is 1.21 bits per heavy atom. The molecule has 3 aromatic rings. The first-order chi connectivity index (χ1) is 9.28. The van der Waals surface area contributed by atoms with Gasteiger partial charge in [0.2, 0.25) is 0 Å². The lowest BCUT2D eigenvalue weighted by Crippen LogP contribution is -2.04. The van der Waals surface area contributed by atoms with Gasteiger partial charge in [0, 0.05) is 11.6 Å². The Kier molecular flexibility index (Phi) is 2.99. The number of hydrogen-bond acceptors (Lipinski definition) is 3. The van der Waals surface area contributed by atoms with Gasteiger partial charge in [-0.15, -0.1) is 5.10 Å². The first-order valence-corrected chi connectivity index (χ1v) is 6.50. The minimum Gasteiger partial charge on any atom is -0.256 e. The maximum absolute atomic E-state index is 4.33. The van der Waals surface area contributed by atoms with Crippen LogP contribution in [-0.2, 0) is 13.0 Å². The van der Waals surface area contributed by atoms with Crippen molar-refractivity contribution in [3.8, 4) is 0 Å². The molecule has 0 bridgehead atoms. The summed E-state index contributed by atoms with van der Waals surface area (Å²) in [5.41, 5.74) is 4.46. The third-order valence-corrected chi connectivity index (χ3v) is 3.41. The number of nitrogens with zero attached hydrogens (tertiary/aromatic N) is 4. The number of aryl methyl sites for hydroxylation is 1. The summed E-state index contributed by atoms with van der Waals surface area (Å²) in [5.74, 6) is 0. The number of fused-ring (bicyclic) bond motifs is 1. The molecule has 19 heavy (non-hydrogen) atoms. The second-order valence-electron chi connectivity index (χ2n) is 4.66. The quantitative estimate of drug-likeness (QED) is 0.720. The lowest BCUT2D eigenvalue weighted by Gasteiger charge is -2.05. The third-order valence-electron chi connectivity index (χ3n) is 3.41. The van der Waals surface area contributed by atoms with Crippen LogP contribution < -0.4 is 0 Å². The van der Waals surface area contributed by atoms with Crippen molar-refractivity contribution < 1.29 is 0 Å². The molecule has 0 radical (unpaired) electrons. The molecule has 1 aromatic carbocycles. The molecule has 0 aliphatic carbocycles. The number of hydrogen-bond donors (Lipinski definition) is 0. The highest BCUT2D eigenvalue weighted by Crippen LogP contribution is 2.15. The first-order valence-electron chi connectivity index (χ1n) is 6.50. The molecule has 2 heterocycles. The molecule has 0 aliphatic rings. The van der Waals surface area contributed by atoms with Gasteiger partial charge in [-0.2, -0.15) is 0 Å². The lowest BCUT2D eigenvalue weighted by atomic mass is 10.1. The molecule has 2 aromatic heterocycles. The van der Waals surface area contributed by atoms with Crippen LogP contribution in [-0.4, -0.2) is 20.0 Å². The van der Waals surface area contributed by atoms with Gasteiger partial charge in [0.05, 0.1) is 23.4 Å². The highest BCUT2D eigenvalue weighted by molar-refractivity contribution is 5.78. The van der Waals surface area contributed by atoms with Crippen molar-refractivity contribution in [1.82, 2.24) is 20.0 Å². The van der Waals surface area contributed by atoms with Crippen molar-refractivity contribution in [2.75, 3.05) is 0 Å². The van der Waals surface area contributed by atoms with Gasteiger partial charge in [-0.25, -0.2) is 4.68 Å². The average molecular weight is 252 g/mol. The monoisotopic (exact) mass is 252 g/mol. The van der Waals surface area contributed by atoms with Crippen LogP contribution >= 0.6 is 0 Å². The summed E-state index contributed by atoms with van der Waals surface area (Å²) in [7, 11) is 0. The zero-order chi connectivity index (χ0) is 13.2. The van der Waals surface area contributed by atoms with E-state index in [1.807, 2.05) is 16.9 Å². The van der Waals surface area contributed by atoms with Gasteiger partial charge in [0.15, 0.2) is 0 Å². The van der Waals surface area contributed by atoms with Crippen molar-refractivity contribution >= 4 is 10.9 Å². The normalized spacial score (nSPS) is 11.1. The highest BCUT2D eigenvalue weighted by Gasteiger charge is 2.07. The minimum absolute atomic E-state index is 0.754. The zero-order valence-electron chi connectivity index (χ0n) is 11.2. The zero-order valence-corrected chi connectivity index (χ0v) is 11.2. The maximum Gasteiger partial charge on any atom is 0.0853 e. The first kappa shape index (κ1) is 11.8. The van der Waals surface area contributed by atoms with E-state index in [1.165, 1.54) is 5.56 Å². The van der Waals surface area contributed by atoms with E-state index in [-0.39, 0.29) is 0 Å². The van der Waals surface area contributed by atoms with Gasteiger partial charge in [-0.3, -0.25) is 4.98 Å². The van der Waals surface area contributed by atoms with E-state index in [0.29, 0.717) is 0 Å². The van der Waals surface area contributed by atoms with E-state index >= 15 is 0 Å². The number of benzene rings is 1. The van der Waals surface area contributed by atoms with Crippen LogP contribution in [0.4, 0.5) is 0 Å². The van der Waals surface area contributed by atoms with Gasteiger partial charge in [-0.1, -0.05) is 24.3 Å². The maximum atomic E-state index is 4.33. The Balaban J connectivity index is 1.94. The average Bonchev–Trinajstić information content (AvgIpc) is 2.79. The molecule has 0 amide bonds. The fourth-order valence-electron chi connectivity index (χ4n) is 2.27. The Hall–Kier alpha value is -2.23. The van der Waals surface area contributed by atoms with E-state index in [4.69, 9.17) is 0 Å². The van der Waals surface area contributed by atoms with Crippen molar-refractivity contribution in [2.45, 2.75) is 26.8 Å². The Morgan fingerprint density at radius 3 is 2.89 bits per heavy atom. The highest BCUT2D eigenvalue weighted by atomic mass is 15.4. The van der Waals surface area contributed by atoms with Crippen LogP contribution in [0.3, 0.4) is 0 Å². The minimum atomic E-state index is 0.754. The van der Waals surface area contributed by atoms with Crippen molar-refractivity contribution in [2.24, 2.45) is 0 Å². The van der Waals surface area contributed by atoms with E-state index in [1.54, 1.807) is 0 Å². The Labute approximate surface area is 112 Å². The fraction of sp³-hybridized carbons (Fsp3) is 0.267. The summed E-state index contributed by atoms with van der Waals surface area (Å²) in [4.78, 5) is 4.33. The van der Waals surface area contributed by atoms with Gasteiger partial charge >= 0.3 is 0 Å². The second-order valence-corrected chi connectivity index (χ2v) is 4.66. The molecule has 0 saturated carbocycles. The Bertz CT molecular complexity index is 715. The molecular weight excluding hydrogens is 236 g/mol. The molecule has 0 unspecified atom stereocenters. The molecule has 4 nitrogen and oxygen atoms in total. The molecule has 0 saturated heterocycles. The molecule has 0 spiro atoms. The fourth-order valence-corrected chi connectivity index (χ4v) is 2.27. The van der Waals surface area contributed by atoms with Gasteiger partial charge in [-0.05, 0) is 37.1 Å². The van der Waals surface area contributed by atoms with Crippen LogP contribution in [0.25, 0.3) is 10.9 Å². The molecule has 96 valence electrons. The van der Waals surface area contributed by atoms with Crippen molar-refractivity contribution in [1.29, 1.82) is 0 Å². The molecule has 0 fully saturated rings. The molecule has 0 atom stereocenters. The van der Waals surface area contributed by atoms with E-state index in [0.717, 1.165) is 35.3 Å². The number of aromatic nitrogens is 4. The third kappa shape index (κ3) is 2.21. The number of pyridine rings is 1. The smallest absolute Gasteiger partial charge is 0.0853 e. The van der Waals surface area contributed by atoms with Gasteiger partial charge in [0.1, 0.15) is 0 Å². The van der Waals surface area contributed by atoms with Crippen LogP contribution in [0.1, 0.15) is 23.9 Å². The van der Waals surface area contributed by atoms with Crippen molar-refractivity contribution in [3.05, 3.63) is 53.5 Å². The molecule has 0 N–H and O–H groups in total. The number of rotatable bonds is 3. The molecular formula is C15H16N4. The van der Waals surface area contributed by atoms with Crippen LogP contribution in [0, 0.1) is 6.92 Å². The predicted molar refractivity (Wildman–Crippen MR) is 75.0 cm³/mol. The van der Waals surface area contributed by atoms with E-state index in [2.05, 4.69) is 53.4 Å². The topological polar surface area (TPSA) is 43.6 Å². The van der Waals surface area contributed by atoms with E-state index in [9.17, 15) is 0 Å². The van der Waals surface area contributed by atoms with Crippen LogP contribution in [0.15, 0.2) is 36.5 Å². The van der Waals surface area contributed by atoms with E-state index < -0.39 is 0 Å². The lowest BCUT2D eigenvalue weighted by molar-refractivity contribution is 0.634. The van der Waals surface area contributed by atoms with Gasteiger partial charge < -0.3 is 0 Å². The molecule has 4 heteroatoms. The van der Waals surface area contributed by atoms with Crippen LogP contribution in [0.2, 0.25) is 0 Å². The molecule has 3 rings (SSSR count). The summed E-state index contributed by atoms with van der Waals surface area (Å²) in [6, 6.07) is 10.4. The van der Waals surface area contributed by atoms with Crippen LogP contribution in [0.5, 0.6) is 0 Å². The SMILES string of the molecule is CCc1nnn(Cc2ccc3ncccc3c2)c1C. The predicted octanol–water partition coefficient (Wildman–Crippen LogP) is 2.75. The Morgan fingerprint density at radius 2 is 2.11 bits per heavy atom. The summed E-state index contributed by atoms with van der Waals surface area (Å²) in [5, 5.41) is 9.57. The van der Waals surface area contributed by atoms with Crippen molar-refractivity contribution in [3.63, 3.8) is 0 Å². The second kappa shape index (κ2) is 4.80.